The van der Waals surface area contributed by atoms with E-state index >= 15 is 0 Å². The van der Waals surface area contributed by atoms with Gasteiger partial charge in [0.05, 0.1) is 27.7 Å². The fourth-order valence-electron chi connectivity index (χ4n) is 7.82. The molecule has 0 saturated carbocycles. The zero-order valence-electron chi connectivity index (χ0n) is 49.2. The predicted octanol–water partition coefficient (Wildman–Crippen LogP) is 18.5. The van der Waals surface area contributed by atoms with Crippen LogP contribution in [0.15, 0.2) is 122 Å². The van der Waals surface area contributed by atoms with Gasteiger partial charge in [0.15, 0.2) is 6.10 Å². The van der Waals surface area contributed by atoms with Crippen LogP contribution in [0.2, 0.25) is 0 Å². The Morgan fingerprint density at radius 2 is 0.750 bits per heavy atom. The van der Waals surface area contributed by atoms with Gasteiger partial charge in [0, 0.05) is 12.8 Å². The molecule has 0 aliphatic rings. The molecule has 0 rings (SSSR count). The van der Waals surface area contributed by atoms with Gasteiger partial charge in [0.2, 0.25) is 0 Å². The van der Waals surface area contributed by atoms with Crippen molar-refractivity contribution in [1.82, 2.24) is 0 Å². The Bertz CT molecular complexity index is 1700. The standard InChI is InChI=1S/C66H112NO8P/c1-6-8-10-12-14-16-18-20-22-23-24-25-26-27-28-29-30-31-32-33-34-35-36-37-38-39-40-41-42-43-45-47-49-51-53-55-57-59-66(69)75-64(63-74-76(70,71)73-61-60-67(3,4)5)62-72-65(68)58-56-54-52-50-48-46-44-21-19-17-15-13-11-9-7-2/h8,10,14,16,20-22,24-25,27-28,30-31,33-34,36-37,39-40,44,64H,6-7,9,11-13,15,17-19,23,26,29,32,35,38,41-43,45-63H2,1-5H3/b10-8-,16-14-,22-20-,25-24-,28-27-,31-30-,34-33-,37-36-,40-39-,44-21-. The van der Waals surface area contributed by atoms with E-state index in [-0.39, 0.29) is 26.1 Å². The molecule has 0 aromatic rings. The summed E-state index contributed by atoms with van der Waals surface area (Å²) in [6, 6.07) is 0. The predicted molar refractivity (Wildman–Crippen MR) is 323 cm³/mol. The maximum absolute atomic E-state index is 12.8. The number of hydrogen-bond acceptors (Lipinski definition) is 8. The third-order valence-electron chi connectivity index (χ3n) is 12.5. The van der Waals surface area contributed by atoms with E-state index in [4.69, 9.17) is 18.5 Å². The highest BCUT2D eigenvalue weighted by Gasteiger charge is 2.22. The average Bonchev–Trinajstić information content (AvgIpc) is 3.38. The van der Waals surface area contributed by atoms with E-state index in [2.05, 4.69) is 135 Å². The number of phosphoric ester groups is 1. The summed E-state index contributed by atoms with van der Waals surface area (Å²) < 4.78 is 34.1. The zero-order valence-corrected chi connectivity index (χ0v) is 50.0. The van der Waals surface area contributed by atoms with Crippen LogP contribution >= 0.6 is 7.82 Å². The molecule has 434 valence electrons. The van der Waals surface area contributed by atoms with E-state index in [9.17, 15) is 19.0 Å². The molecule has 0 aliphatic heterocycles. The Kier molecular flexibility index (Phi) is 53.5. The Labute approximate surface area is 467 Å². The lowest BCUT2D eigenvalue weighted by Crippen LogP contribution is -2.37. The van der Waals surface area contributed by atoms with Gasteiger partial charge in [-0.2, -0.15) is 0 Å². The average molecular weight is 1080 g/mol. The van der Waals surface area contributed by atoms with E-state index in [0.29, 0.717) is 23.9 Å². The van der Waals surface area contributed by atoms with Gasteiger partial charge in [-0.1, -0.05) is 232 Å². The number of carbonyl (C=O) groups is 2. The summed E-state index contributed by atoms with van der Waals surface area (Å²) in [5, 5.41) is 0. The summed E-state index contributed by atoms with van der Waals surface area (Å²) in [4.78, 5) is 37.8. The first kappa shape index (κ1) is 72.4. The first-order chi connectivity index (χ1) is 37.0. The lowest BCUT2D eigenvalue weighted by atomic mass is 10.1. The Morgan fingerprint density at radius 3 is 1.13 bits per heavy atom. The van der Waals surface area contributed by atoms with Crippen molar-refractivity contribution in [2.24, 2.45) is 0 Å². The number of unbranched alkanes of at least 4 members (excludes halogenated alkanes) is 20. The quantitative estimate of drug-likeness (QED) is 0.0195. The van der Waals surface area contributed by atoms with Crippen LogP contribution in [0.3, 0.4) is 0 Å². The summed E-state index contributed by atoms with van der Waals surface area (Å²) in [7, 11) is 1.14. The molecule has 0 N–H and O–H groups in total. The van der Waals surface area contributed by atoms with Gasteiger partial charge in [-0.05, 0) is 109 Å². The number of phosphoric acid groups is 1. The molecule has 76 heavy (non-hydrogen) atoms. The van der Waals surface area contributed by atoms with Crippen molar-refractivity contribution in [3.8, 4) is 0 Å². The van der Waals surface area contributed by atoms with Crippen molar-refractivity contribution >= 4 is 19.8 Å². The Balaban J connectivity index is 4.14. The van der Waals surface area contributed by atoms with Crippen LogP contribution in [0.25, 0.3) is 0 Å². The molecule has 0 heterocycles. The SMILES string of the molecule is CC/C=C\C/C=C\C/C=C\C/C=C\C/C=C\C/C=C\C/C=C\C/C=C\C/C=C\CCCCCCCCCCCC(=O)OC(COC(=O)CCCCCCC/C=C\CCCCCCCC)COP(=O)([O-])OCC[N+](C)(C)C. The number of hydrogen-bond donors (Lipinski definition) is 0. The lowest BCUT2D eigenvalue weighted by molar-refractivity contribution is -0.870. The molecule has 0 aliphatic carbocycles. The molecular formula is C66H112NO8P. The first-order valence-electron chi connectivity index (χ1n) is 30.2. The largest absolute Gasteiger partial charge is 0.756 e. The van der Waals surface area contributed by atoms with Crippen molar-refractivity contribution in [1.29, 1.82) is 0 Å². The Morgan fingerprint density at radius 1 is 0.421 bits per heavy atom. The molecule has 0 aromatic carbocycles. The van der Waals surface area contributed by atoms with Gasteiger partial charge in [-0.25, -0.2) is 0 Å². The Hall–Kier alpha value is -3.59. The molecule has 2 atom stereocenters. The number of ether oxygens (including phenoxy) is 2. The van der Waals surface area contributed by atoms with E-state index in [1.807, 2.05) is 21.1 Å². The fraction of sp³-hybridized carbons (Fsp3) is 0.667. The number of likely N-dealkylation sites (N-methyl/N-ethyl adjacent to an activating group) is 1. The van der Waals surface area contributed by atoms with Crippen LogP contribution in [0.4, 0.5) is 0 Å². The summed E-state index contributed by atoms with van der Waals surface area (Å²) in [6.07, 6.45) is 79.6. The zero-order chi connectivity index (χ0) is 55.6. The van der Waals surface area contributed by atoms with Gasteiger partial charge < -0.3 is 27.9 Å². The van der Waals surface area contributed by atoms with Gasteiger partial charge in [-0.15, -0.1) is 0 Å². The second kappa shape index (κ2) is 56.1. The van der Waals surface area contributed by atoms with Crippen molar-refractivity contribution in [2.45, 2.75) is 238 Å². The van der Waals surface area contributed by atoms with Crippen molar-refractivity contribution < 1.29 is 42.1 Å². The summed E-state index contributed by atoms with van der Waals surface area (Å²) in [5.74, 6) is -0.855. The second-order valence-electron chi connectivity index (χ2n) is 21.0. The number of quaternary nitrogens is 1. The third kappa shape index (κ3) is 59.7. The van der Waals surface area contributed by atoms with Crippen LogP contribution in [-0.2, 0) is 32.7 Å². The van der Waals surface area contributed by atoms with E-state index in [0.717, 1.165) is 116 Å². The highest BCUT2D eigenvalue weighted by Crippen LogP contribution is 2.38. The highest BCUT2D eigenvalue weighted by molar-refractivity contribution is 7.45. The van der Waals surface area contributed by atoms with Crippen molar-refractivity contribution in [3.63, 3.8) is 0 Å². The van der Waals surface area contributed by atoms with Crippen LogP contribution in [-0.4, -0.2) is 70.0 Å². The molecule has 0 bridgehead atoms. The lowest BCUT2D eigenvalue weighted by Gasteiger charge is -2.28. The monoisotopic (exact) mass is 1080 g/mol. The second-order valence-corrected chi connectivity index (χ2v) is 22.4. The molecule has 0 aromatic heterocycles. The van der Waals surface area contributed by atoms with E-state index < -0.39 is 32.5 Å². The number of allylic oxidation sites excluding steroid dienone is 20. The molecular weight excluding hydrogens is 966 g/mol. The number of esters is 2. The summed E-state index contributed by atoms with van der Waals surface area (Å²) in [6.45, 7) is 4.09. The molecule has 0 radical (unpaired) electrons. The normalized spacial score (nSPS) is 14.1. The third-order valence-corrected chi connectivity index (χ3v) is 13.4. The van der Waals surface area contributed by atoms with Gasteiger partial charge in [0.25, 0.3) is 7.82 Å². The summed E-state index contributed by atoms with van der Waals surface area (Å²) in [5.41, 5.74) is 0. The van der Waals surface area contributed by atoms with Crippen LogP contribution < -0.4 is 4.89 Å². The topological polar surface area (TPSA) is 111 Å². The molecule has 10 heteroatoms. The van der Waals surface area contributed by atoms with Gasteiger partial charge in [-0.3, -0.25) is 14.2 Å². The van der Waals surface area contributed by atoms with Crippen molar-refractivity contribution in [2.75, 3.05) is 47.5 Å². The number of nitrogens with zero attached hydrogens (tertiary/aromatic N) is 1. The van der Waals surface area contributed by atoms with E-state index in [1.54, 1.807) is 0 Å². The highest BCUT2D eigenvalue weighted by atomic mass is 31.2. The molecule has 2 unspecified atom stereocenters. The first-order valence-corrected chi connectivity index (χ1v) is 31.7. The van der Waals surface area contributed by atoms with Crippen LogP contribution in [0.1, 0.15) is 232 Å². The minimum absolute atomic E-state index is 0.0386. The smallest absolute Gasteiger partial charge is 0.306 e. The minimum Gasteiger partial charge on any atom is -0.756 e. The maximum atomic E-state index is 12.8. The van der Waals surface area contributed by atoms with E-state index in [1.165, 1.54) is 77.0 Å². The molecule has 0 fully saturated rings. The maximum Gasteiger partial charge on any atom is 0.306 e. The molecule has 0 spiro atoms. The van der Waals surface area contributed by atoms with Crippen LogP contribution in [0, 0.1) is 0 Å². The van der Waals surface area contributed by atoms with Gasteiger partial charge in [0.1, 0.15) is 19.8 Å². The van der Waals surface area contributed by atoms with Gasteiger partial charge >= 0.3 is 11.9 Å². The minimum atomic E-state index is -4.64. The number of carbonyl (C=O) groups excluding carboxylic acids is 2. The fourth-order valence-corrected chi connectivity index (χ4v) is 8.55. The summed E-state index contributed by atoms with van der Waals surface area (Å²) >= 11 is 0. The molecule has 0 saturated heterocycles. The molecule has 9 nitrogen and oxygen atoms in total. The molecule has 0 amide bonds. The number of rotatable bonds is 54. The van der Waals surface area contributed by atoms with Crippen LogP contribution in [0.5, 0.6) is 0 Å². The van der Waals surface area contributed by atoms with Crippen molar-refractivity contribution in [3.05, 3.63) is 122 Å².